The van der Waals surface area contributed by atoms with E-state index in [9.17, 15) is 14.0 Å². The average Bonchev–Trinajstić information content (AvgIpc) is 3.41. The van der Waals surface area contributed by atoms with Crippen LogP contribution in [0, 0.1) is 5.82 Å². The number of nitrogens with zero attached hydrogens (tertiary/aromatic N) is 5. The summed E-state index contributed by atoms with van der Waals surface area (Å²) in [5.41, 5.74) is 1.30. The van der Waals surface area contributed by atoms with Crippen LogP contribution in [0.1, 0.15) is 41.2 Å². The topological polar surface area (TPSA) is 125 Å². The molecule has 1 aliphatic heterocycles. The number of hydrogen-bond donors (Lipinski definition) is 3. The fourth-order valence-corrected chi connectivity index (χ4v) is 4.03. The summed E-state index contributed by atoms with van der Waals surface area (Å²) in [6.07, 6.45) is 5.23. The van der Waals surface area contributed by atoms with Crippen molar-refractivity contribution < 1.29 is 19.1 Å². The van der Waals surface area contributed by atoms with E-state index in [-0.39, 0.29) is 23.6 Å². The molecule has 0 bridgehead atoms. The fraction of sp³-hybridized carbons (Fsp3) is 0.350. The number of hydrogen-bond acceptors (Lipinski definition) is 6. The first-order valence-corrected chi connectivity index (χ1v) is 10.5. The number of nitrogens with one attached hydrogen (secondary N) is 2. The molecule has 3 N–H and O–H groups in total. The number of carboxylic acid groups (broad SMARTS) is 1. The number of anilines is 1. The summed E-state index contributed by atoms with van der Waals surface area (Å²) in [6, 6.07) is 3.01. The Bertz CT molecular complexity index is 1160. The molecule has 0 spiro atoms. The molecule has 1 aliphatic rings. The van der Waals surface area contributed by atoms with Crippen molar-refractivity contribution in [1.82, 2.24) is 30.2 Å². The van der Waals surface area contributed by atoms with Crippen molar-refractivity contribution in [3.05, 3.63) is 52.8 Å². The van der Waals surface area contributed by atoms with Crippen molar-refractivity contribution in [3.63, 3.8) is 0 Å². The number of carbonyl (C=O) groups is 2. The fourth-order valence-electron chi connectivity index (χ4n) is 3.80. The summed E-state index contributed by atoms with van der Waals surface area (Å²) in [4.78, 5) is 33.7. The number of aromatic nitrogens is 4. The van der Waals surface area contributed by atoms with Crippen molar-refractivity contribution in [1.29, 1.82) is 0 Å². The van der Waals surface area contributed by atoms with Gasteiger partial charge in [-0.15, -0.1) is 0 Å². The molecule has 0 aromatic carbocycles. The molecular formula is C20H21ClFN7O3. The van der Waals surface area contributed by atoms with E-state index in [1.165, 1.54) is 16.8 Å². The zero-order chi connectivity index (χ0) is 22.7. The Hall–Kier alpha value is -3.47. The Labute approximate surface area is 187 Å². The highest BCUT2D eigenvalue weighted by Crippen LogP contribution is 2.38. The lowest BCUT2D eigenvalue weighted by Crippen LogP contribution is -2.29. The number of fused-ring (bicyclic) bond motifs is 1. The maximum absolute atomic E-state index is 13.8. The molecule has 12 heteroatoms. The van der Waals surface area contributed by atoms with Crippen LogP contribution in [0.5, 0.6) is 0 Å². The summed E-state index contributed by atoms with van der Waals surface area (Å²) in [6.45, 7) is 1.24. The van der Waals surface area contributed by atoms with Gasteiger partial charge in [0.1, 0.15) is 22.4 Å². The molecule has 4 rings (SSSR count). The van der Waals surface area contributed by atoms with Gasteiger partial charge >= 0.3 is 6.09 Å². The normalized spacial score (nSPS) is 15.8. The van der Waals surface area contributed by atoms with E-state index in [2.05, 4.69) is 25.7 Å². The number of halogens is 2. The second-order valence-electron chi connectivity index (χ2n) is 7.34. The van der Waals surface area contributed by atoms with Crippen LogP contribution in [0.2, 0.25) is 5.15 Å². The van der Waals surface area contributed by atoms with Crippen LogP contribution in [-0.4, -0.2) is 56.3 Å². The van der Waals surface area contributed by atoms with Gasteiger partial charge in [0, 0.05) is 31.4 Å². The highest BCUT2D eigenvalue weighted by atomic mass is 35.5. The maximum atomic E-state index is 13.8. The summed E-state index contributed by atoms with van der Waals surface area (Å²) < 4.78 is 15.3. The van der Waals surface area contributed by atoms with Gasteiger partial charge in [0.2, 0.25) is 0 Å². The lowest BCUT2D eigenvalue weighted by molar-refractivity contribution is 0.0955. The van der Waals surface area contributed by atoms with E-state index < -0.39 is 11.9 Å². The highest BCUT2D eigenvalue weighted by molar-refractivity contribution is 6.30. The van der Waals surface area contributed by atoms with Crippen molar-refractivity contribution in [2.75, 3.05) is 24.5 Å². The maximum Gasteiger partial charge on any atom is 0.404 e. The Morgan fingerprint density at radius 1 is 1.28 bits per heavy atom. The predicted octanol–water partition coefficient (Wildman–Crippen LogP) is 2.65. The summed E-state index contributed by atoms with van der Waals surface area (Å²) in [5, 5.41) is 18.0. The molecule has 32 heavy (non-hydrogen) atoms. The lowest BCUT2D eigenvalue weighted by Gasteiger charge is -2.26. The molecule has 2 amide bonds. The minimum absolute atomic E-state index is 0.178. The van der Waals surface area contributed by atoms with E-state index in [4.69, 9.17) is 16.7 Å². The largest absolute Gasteiger partial charge is 0.465 e. The Kier molecular flexibility index (Phi) is 6.35. The van der Waals surface area contributed by atoms with Crippen molar-refractivity contribution in [3.8, 4) is 0 Å². The second-order valence-corrected chi connectivity index (χ2v) is 7.70. The van der Waals surface area contributed by atoms with Gasteiger partial charge in [-0.3, -0.25) is 4.79 Å². The first kappa shape index (κ1) is 21.8. The van der Waals surface area contributed by atoms with Crippen molar-refractivity contribution in [2.24, 2.45) is 0 Å². The Morgan fingerprint density at radius 3 is 2.91 bits per heavy atom. The summed E-state index contributed by atoms with van der Waals surface area (Å²) in [5.74, 6) is -0.177. The van der Waals surface area contributed by atoms with Gasteiger partial charge in [-0.2, -0.15) is 5.10 Å². The van der Waals surface area contributed by atoms with E-state index in [1.807, 2.05) is 4.90 Å². The van der Waals surface area contributed by atoms with Gasteiger partial charge in [-0.05, 0) is 31.4 Å². The third-order valence-corrected chi connectivity index (χ3v) is 5.57. The second kappa shape index (κ2) is 9.35. The average molecular weight is 462 g/mol. The van der Waals surface area contributed by atoms with Crippen LogP contribution in [0.25, 0.3) is 5.65 Å². The van der Waals surface area contributed by atoms with Gasteiger partial charge in [-0.25, -0.2) is 23.7 Å². The first-order chi connectivity index (χ1) is 15.4. The quantitative estimate of drug-likeness (QED) is 0.365. The van der Waals surface area contributed by atoms with Crippen molar-refractivity contribution >= 4 is 35.1 Å². The summed E-state index contributed by atoms with van der Waals surface area (Å²) >= 11 is 6.23. The minimum atomic E-state index is -1.11. The van der Waals surface area contributed by atoms with E-state index in [0.29, 0.717) is 42.1 Å². The van der Waals surface area contributed by atoms with Crippen LogP contribution in [0.3, 0.4) is 0 Å². The van der Waals surface area contributed by atoms with Gasteiger partial charge in [0.25, 0.3) is 5.91 Å². The molecule has 4 heterocycles. The number of rotatable bonds is 7. The molecule has 168 valence electrons. The molecule has 3 aromatic rings. The third-order valence-electron chi connectivity index (χ3n) is 5.25. The monoisotopic (exact) mass is 461 g/mol. The minimum Gasteiger partial charge on any atom is -0.465 e. The van der Waals surface area contributed by atoms with E-state index in [1.54, 1.807) is 12.3 Å². The third kappa shape index (κ3) is 4.57. The molecule has 10 nitrogen and oxygen atoms in total. The van der Waals surface area contributed by atoms with Crippen LogP contribution >= 0.6 is 11.6 Å². The van der Waals surface area contributed by atoms with Crippen LogP contribution in [0.4, 0.5) is 15.0 Å². The van der Waals surface area contributed by atoms with Gasteiger partial charge in [-0.1, -0.05) is 11.6 Å². The first-order valence-electron chi connectivity index (χ1n) is 10.1. The Morgan fingerprint density at radius 2 is 2.09 bits per heavy atom. The SMILES string of the molecule is O=C(O)NCCCNC(=O)c1cnn2ccc(N3CCCC3c3cc(F)cnc3Cl)nc12. The Balaban J connectivity index is 1.53. The molecule has 1 saturated heterocycles. The molecule has 1 fully saturated rings. The van der Waals surface area contributed by atoms with Gasteiger partial charge < -0.3 is 20.6 Å². The van der Waals surface area contributed by atoms with E-state index in [0.717, 1.165) is 19.0 Å². The molecule has 0 radical (unpaired) electrons. The number of amides is 2. The summed E-state index contributed by atoms with van der Waals surface area (Å²) in [7, 11) is 0. The predicted molar refractivity (Wildman–Crippen MR) is 114 cm³/mol. The molecule has 0 saturated carbocycles. The standard InChI is InChI=1S/C20H21ClFN7O3/c21-17-13(9-12(22)10-25-17)15-3-1-7-28(15)16-4-8-29-18(27-16)14(11-26-29)19(30)23-5-2-6-24-20(31)32/h4,8-11,15,24H,1-3,5-7H2,(H,23,30)(H,31,32). The zero-order valence-electron chi connectivity index (χ0n) is 17.0. The number of pyridine rings is 1. The zero-order valence-corrected chi connectivity index (χ0v) is 17.7. The smallest absolute Gasteiger partial charge is 0.404 e. The van der Waals surface area contributed by atoms with Gasteiger partial charge in [0.15, 0.2) is 5.65 Å². The van der Waals surface area contributed by atoms with Crippen LogP contribution < -0.4 is 15.5 Å². The van der Waals surface area contributed by atoms with Crippen molar-refractivity contribution in [2.45, 2.75) is 25.3 Å². The van der Waals surface area contributed by atoms with Gasteiger partial charge in [0.05, 0.1) is 18.4 Å². The van der Waals surface area contributed by atoms with E-state index >= 15 is 0 Å². The van der Waals surface area contributed by atoms with Crippen LogP contribution in [-0.2, 0) is 0 Å². The molecule has 1 atom stereocenters. The molecule has 3 aromatic heterocycles. The van der Waals surface area contributed by atoms with Crippen LogP contribution in [0.15, 0.2) is 30.7 Å². The lowest BCUT2D eigenvalue weighted by atomic mass is 10.1. The molecule has 0 aliphatic carbocycles. The number of carbonyl (C=O) groups excluding carboxylic acids is 1. The molecular weight excluding hydrogens is 441 g/mol. The molecule has 1 unspecified atom stereocenters. The highest BCUT2D eigenvalue weighted by Gasteiger charge is 2.30.